The van der Waals surface area contributed by atoms with Crippen LogP contribution in [0.15, 0.2) is 31.9 Å². The number of fused-ring (bicyclic) bond motifs is 1. The van der Waals surface area contributed by atoms with Crippen molar-refractivity contribution in [2.75, 3.05) is 0 Å². The Balaban J connectivity index is 1.96. The Morgan fingerprint density at radius 3 is 2.62 bits per heavy atom. The van der Waals surface area contributed by atoms with Gasteiger partial charge in [0.25, 0.3) is 5.56 Å². The van der Waals surface area contributed by atoms with Gasteiger partial charge in [-0.1, -0.05) is 28.8 Å². The average Bonchev–Trinajstić information content (AvgIpc) is 3.31. The third-order valence-corrected chi connectivity index (χ3v) is 6.26. The number of benzene rings is 1. The molecule has 6 nitrogen and oxygen atoms in total. The highest BCUT2D eigenvalue weighted by Gasteiger charge is 2.31. The number of hydrogen-bond donors (Lipinski definition) is 1. The number of aryl methyl sites for hydroxylation is 1. The number of furan rings is 1. The van der Waals surface area contributed by atoms with Crippen LogP contribution in [0.1, 0.15) is 64.5 Å². The summed E-state index contributed by atoms with van der Waals surface area (Å²) in [7, 11) is 0. The number of halogens is 1. The Kier molecular flexibility index (Phi) is 4.83. The Morgan fingerprint density at radius 2 is 1.97 bits per heavy atom. The van der Waals surface area contributed by atoms with Crippen molar-refractivity contribution in [3.63, 3.8) is 0 Å². The summed E-state index contributed by atoms with van der Waals surface area (Å²) < 4.78 is 7.88. The molecule has 7 heteroatoms. The zero-order valence-electron chi connectivity index (χ0n) is 16.1. The molecule has 1 saturated carbocycles. The lowest BCUT2D eigenvalue weighted by Crippen LogP contribution is -2.29. The van der Waals surface area contributed by atoms with Crippen LogP contribution >= 0.6 is 15.9 Å². The maximum Gasteiger partial charge on any atom is 0.271 e. The zero-order valence-corrected chi connectivity index (χ0v) is 17.7. The number of carbonyl (C=O) groups is 1. The van der Waals surface area contributed by atoms with Crippen molar-refractivity contribution in [3.05, 3.63) is 61.0 Å². The molecule has 0 atom stereocenters. The second-order valence-corrected chi connectivity index (χ2v) is 8.37. The topological polar surface area (TPSA) is 96.2 Å². The van der Waals surface area contributed by atoms with Crippen LogP contribution in [-0.4, -0.2) is 15.5 Å². The molecule has 3 aromatic rings. The van der Waals surface area contributed by atoms with E-state index < -0.39 is 11.3 Å². The second kappa shape index (κ2) is 7.20. The fourth-order valence-corrected chi connectivity index (χ4v) is 4.58. The fraction of sp³-hybridized carbons (Fsp3) is 0.318. The highest BCUT2D eigenvalue weighted by Crippen LogP contribution is 2.36. The summed E-state index contributed by atoms with van der Waals surface area (Å²) >= 11 is 3.41. The smallest absolute Gasteiger partial charge is 0.271 e. The standard InChI is InChI=1S/C22H19BrN2O4/c1-11-16(10-24)21(27)25(14-5-3-4-6-14)22(28)18(11)19(26)20-12(2)15-9-13(23)7-8-17(15)29-20/h7-9,14,28H,3-6H2,1-2H3. The number of aromatic hydroxyl groups is 1. The van der Waals surface area contributed by atoms with E-state index in [9.17, 15) is 20.0 Å². The minimum absolute atomic E-state index is 0.0470. The van der Waals surface area contributed by atoms with Crippen LogP contribution in [0.25, 0.3) is 11.0 Å². The van der Waals surface area contributed by atoms with Crippen molar-refractivity contribution in [3.8, 4) is 11.9 Å². The highest BCUT2D eigenvalue weighted by atomic mass is 79.9. The maximum absolute atomic E-state index is 13.4. The molecule has 0 unspecified atom stereocenters. The zero-order chi connectivity index (χ0) is 20.9. The summed E-state index contributed by atoms with van der Waals surface area (Å²) in [5, 5.41) is 21.3. The van der Waals surface area contributed by atoms with Gasteiger partial charge in [0.05, 0.1) is 5.56 Å². The first-order valence-corrected chi connectivity index (χ1v) is 10.3. The first-order chi connectivity index (χ1) is 13.8. The molecule has 2 heterocycles. The molecule has 1 aromatic carbocycles. The number of carbonyl (C=O) groups excluding carboxylic acids is 1. The second-order valence-electron chi connectivity index (χ2n) is 7.45. The summed E-state index contributed by atoms with van der Waals surface area (Å²) in [5.74, 6) is -0.825. The third kappa shape index (κ3) is 2.99. The van der Waals surface area contributed by atoms with E-state index in [1.54, 1.807) is 13.0 Å². The van der Waals surface area contributed by atoms with Crippen LogP contribution in [0.4, 0.5) is 0 Å². The van der Waals surface area contributed by atoms with Crippen molar-refractivity contribution in [1.29, 1.82) is 5.26 Å². The van der Waals surface area contributed by atoms with Crippen LogP contribution in [0.5, 0.6) is 5.88 Å². The molecule has 2 aromatic heterocycles. The molecular formula is C22H19BrN2O4. The molecule has 4 rings (SSSR count). The van der Waals surface area contributed by atoms with E-state index in [4.69, 9.17) is 4.42 Å². The van der Waals surface area contributed by atoms with Crippen LogP contribution in [0.2, 0.25) is 0 Å². The SMILES string of the molecule is Cc1c(C(=O)c2oc3ccc(Br)cc3c2C)c(O)n(C2CCCC2)c(=O)c1C#N. The Morgan fingerprint density at radius 1 is 1.28 bits per heavy atom. The van der Waals surface area contributed by atoms with Crippen LogP contribution < -0.4 is 5.56 Å². The van der Waals surface area contributed by atoms with Crippen molar-refractivity contribution in [2.45, 2.75) is 45.6 Å². The lowest BCUT2D eigenvalue weighted by atomic mass is 9.98. The summed E-state index contributed by atoms with van der Waals surface area (Å²) in [6.07, 6.45) is 3.33. The largest absolute Gasteiger partial charge is 0.494 e. The van der Waals surface area contributed by atoms with Crippen LogP contribution in [0.3, 0.4) is 0 Å². The summed E-state index contributed by atoms with van der Waals surface area (Å²) in [4.78, 5) is 26.2. The van der Waals surface area contributed by atoms with Crippen LogP contribution in [0, 0.1) is 25.2 Å². The van der Waals surface area contributed by atoms with Gasteiger partial charge >= 0.3 is 0 Å². The Hall–Kier alpha value is -2.85. The third-order valence-electron chi connectivity index (χ3n) is 5.77. The molecule has 0 spiro atoms. The molecule has 1 N–H and O–H groups in total. The van der Waals surface area contributed by atoms with Gasteiger partial charge in [-0.05, 0) is 50.5 Å². The number of nitrogens with zero attached hydrogens (tertiary/aromatic N) is 2. The van der Waals surface area contributed by atoms with Gasteiger partial charge in [0.2, 0.25) is 11.7 Å². The van der Waals surface area contributed by atoms with E-state index in [0.717, 1.165) is 35.5 Å². The number of ketones is 1. The molecule has 0 bridgehead atoms. The normalized spacial score (nSPS) is 14.4. The summed E-state index contributed by atoms with van der Waals surface area (Å²) in [6.45, 7) is 3.29. The molecule has 0 aliphatic heterocycles. The van der Waals surface area contributed by atoms with Gasteiger partial charge in [-0.2, -0.15) is 5.26 Å². The van der Waals surface area contributed by atoms with E-state index in [1.165, 1.54) is 11.5 Å². The van der Waals surface area contributed by atoms with Gasteiger partial charge in [0, 0.05) is 21.5 Å². The van der Waals surface area contributed by atoms with E-state index in [2.05, 4.69) is 15.9 Å². The van der Waals surface area contributed by atoms with E-state index in [1.807, 2.05) is 18.2 Å². The lowest BCUT2D eigenvalue weighted by Gasteiger charge is -2.19. The van der Waals surface area contributed by atoms with E-state index >= 15 is 0 Å². The van der Waals surface area contributed by atoms with Crippen molar-refractivity contribution >= 4 is 32.7 Å². The predicted molar refractivity (Wildman–Crippen MR) is 111 cm³/mol. The van der Waals surface area contributed by atoms with Gasteiger partial charge < -0.3 is 9.52 Å². The van der Waals surface area contributed by atoms with Crippen molar-refractivity contribution in [2.24, 2.45) is 0 Å². The average molecular weight is 455 g/mol. The van der Waals surface area contributed by atoms with E-state index in [-0.39, 0.29) is 34.4 Å². The van der Waals surface area contributed by atoms with E-state index in [0.29, 0.717) is 11.1 Å². The molecule has 29 heavy (non-hydrogen) atoms. The molecule has 1 fully saturated rings. The quantitative estimate of drug-likeness (QED) is 0.567. The molecule has 0 radical (unpaired) electrons. The minimum Gasteiger partial charge on any atom is -0.494 e. The van der Waals surface area contributed by atoms with Gasteiger partial charge in [-0.15, -0.1) is 0 Å². The van der Waals surface area contributed by atoms with Crippen molar-refractivity contribution < 1.29 is 14.3 Å². The maximum atomic E-state index is 13.4. The fourth-order valence-electron chi connectivity index (χ4n) is 4.22. The Labute approximate surface area is 175 Å². The number of hydrogen-bond acceptors (Lipinski definition) is 5. The van der Waals surface area contributed by atoms with Gasteiger partial charge in [0.15, 0.2) is 5.76 Å². The first-order valence-electron chi connectivity index (χ1n) is 9.46. The molecule has 0 saturated heterocycles. The van der Waals surface area contributed by atoms with Crippen LogP contribution in [-0.2, 0) is 0 Å². The van der Waals surface area contributed by atoms with Crippen molar-refractivity contribution in [1.82, 2.24) is 4.57 Å². The minimum atomic E-state index is -0.545. The lowest BCUT2D eigenvalue weighted by molar-refractivity contribution is 0.100. The molecule has 148 valence electrons. The monoisotopic (exact) mass is 454 g/mol. The summed E-state index contributed by atoms with van der Waals surface area (Å²) in [6, 6.07) is 7.14. The summed E-state index contributed by atoms with van der Waals surface area (Å²) in [5.41, 5.74) is 0.661. The number of nitriles is 1. The molecular weight excluding hydrogens is 436 g/mol. The van der Waals surface area contributed by atoms with Gasteiger partial charge in [-0.3, -0.25) is 14.2 Å². The van der Waals surface area contributed by atoms with Gasteiger partial charge in [-0.25, -0.2) is 0 Å². The Bertz CT molecular complexity index is 1260. The first kappa shape index (κ1) is 19.5. The number of pyridine rings is 1. The highest BCUT2D eigenvalue weighted by molar-refractivity contribution is 9.10. The molecule has 0 amide bonds. The number of aromatic nitrogens is 1. The predicted octanol–water partition coefficient (Wildman–Crippen LogP) is 4.90. The molecule has 1 aliphatic rings. The number of rotatable bonds is 3. The molecule has 1 aliphatic carbocycles. The van der Waals surface area contributed by atoms with Gasteiger partial charge in [0.1, 0.15) is 17.2 Å².